The SMILES string of the molecule is CC1CCN(CCC(N)(C#N)c2ccccc2)CC1C. The van der Waals surface area contributed by atoms with Crippen molar-refractivity contribution >= 4 is 0 Å². The lowest BCUT2D eigenvalue weighted by Gasteiger charge is -2.36. The average Bonchev–Trinajstić information content (AvgIpc) is 2.49. The summed E-state index contributed by atoms with van der Waals surface area (Å²) in [5.41, 5.74) is 6.36. The fraction of sp³-hybridized carbons (Fsp3) is 0.588. The maximum absolute atomic E-state index is 9.47. The van der Waals surface area contributed by atoms with Gasteiger partial charge in [-0.25, -0.2) is 0 Å². The van der Waals surface area contributed by atoms with Gasteiger partial charge < -0.3 is 10.6 Å². The highest BCUT2D eigenvalue weighted by Gasteiger charge is 2.29. The Morgan fingerprint density at radius 3 is 2.60 bits per heavy atom. The summed E-state index contributed by atoms with van der Waals surface area (Å²) in [6.07, 6.45) is 1.94. The molecule has 3 unspecified atom stereocenters. The van der Waals surface area contributed by atoms with Crippen molar-refractivity contribution in [3.05, 3.63) is 35.9 Å². The fourth-order valence-electron chi connectivity index (χ4n) is 2.89. The van der Waals surface area contributed by atoms with E-state index in [2.05, 4.69) is 24.8 Å². The first-order valence-corrected chi connectivity index (χ1v) is 7.53. The first kappa shape index (κ1) is 15.0. The van der Waals surface area contributed by atoms with Gasteiger partial charge >= 0.3 is 0 Å². The molecule has 3 heteroatoms. The first-order chi connectivity index (χ1) is 9.55. The Kier molecular flexibility index (Phi) is 4.80. The van der Waals surface area contributed by atoms with E-state index < -0.39 is 5.54 Å². The number of hydrogen-bond donors (Lipinski definition) is 1. The van der Waals surface area contributed by atoms with Gasteiger partial charge in [0.2, 0.25) is 0 Å². The Balaban J connectivity index is 1.97. The molecule has 1 aromatic carbocycles. The van der Waals surface area contributed by atoms with Gasteiger partial charge in [-0.05, 0) is 36.8 Å². The number of nitrogens with two attached hydrogens (primary N) is 1. The van der Waals surface area contributed by atoms with Crippen molar-refractivity contribution < 1.29 is 0 Å². The van der Waals surface area contributed by atoms with Gasteiger partial charge in [0.05, 0.1) is 6.07 Å². The highest BCUT2D eigenvalue weighted by atomic mass is 15.1. The van der Waals surface area contributed by atoms with Crippen LogP contribution in [0.3, 0.4) is 0 Å². The number of hydrogen-bond acceptors (Lipinski definition) is 3. The summed E-state index contributed by atoms with van der Waals surface area (Å²) in [5, 5.41) is 9.47. The number of nitrogens with zero attached hydrogens (tertiary/aromatic N) is 2. The minimum absolute atomic E-state index is 0.689. The number of benzene rings is 1. The van der Waals surface area contributed by atoms with E-state index in [-0.39, 0.29) is 0 Å². The van der Waals surface area contributed by atoms with Gasteiger partial charge in [-0.2, -0.15) is 5.26 Å². The van der Waals surface area contributed by atoms with Crippen molar-refractivity contribution in [3.63, 3.8) is 0 Å². The molecule has 1 heterocycles. The summed E-state index contributed by atoms with van der Waals surface area (Å²) in [5.74, 6) is 1.54. The molecule has 108 valence electrons. The number of likely N-dealkylation sites (tertiary alicyclic amines) is 1. The summed E-state index contributed by atoms with van der Waals surface area (Å²) in [4.78, 5) is 2.45. The van der Waals surface area contributed by atoms with Crippen LogP contribution >= 0.6 is 0 Å². The molecule has 0 saturated carbocycles. The van der Waals surface area contributed by atoms with Crippen molar-refractivity contribution in [1.82, 2.24) is 4.90 Å². The molecule has 0 bridgehead atoms. The molecule has 1 saturated heterocycles. The quantitative estimate of drug-likeness (QED) is 0.916. The normalized spacial score (nSPS) is 26.7. The largest absolute Gasteiger partial charge is 0.310 e. The molecule has 0 radical (unpaired) electrons. The summed E-state index contributed by atoms with van der Waals surface area (Å²) < 4.78 is 0. The predicted molar refractivity (Wildman–Crippen MR) is 81.9 cm³/mol. The molecule has 1 aromatic rings. The molecule has 3 atom stereocenters. The van der Waals surface area contributed by atoms with E-state index >= 15 is 0 Å². The molecule has 1 aliphatic heterocycles. The topological polar surface area (TPSA) is 53.0 Å². The third kappa shape index (κ3) is 3.39. The van der Waals surface area contributed by atoms with Gasteiger partial charge in [-0.3, -0.25) is 0 Å². The Morgan fingerprint density at radius 1 is 1.30 bits per heavy atom. The molecule has 2 rings (SSSR count). The third-order valence-electron chi connectivity index (χ3n) is 4.73. The highest BCUT2D eigenvalue weighted by Crippen LogP contribution is 2.25. The summed E-state index contributed by atoms with van der Waals surface area (Å²) in [6.45, 7) is 7.79. The average molecular weight is 271 g/mol. The molecular weight excluding hydrogens is 246 g/mol. The molecule has 0 aliphatic carbocycles. The lowest BCUT2D eigenvalue weighted by Crippen LogP contribution is -2.43. The predicted octanol–water partition coefficient (Wildman–Crippen LogP) is 2.73. The minimum atomic E-state index is -0.867. The van der Waals surface area contributed by atoms with Gasteiger partial charge in [-0.1, -0.05) is 44.2 Å². The fourth-order valence-corrected chi connectivity index (χ4v) is 2.89. The van der Waals surface area contributed by atoms with Crippen molar-refractivity contribution in [2.24, 2.45) is 17.6 Å². The lowest BCUT2D eigenvalue weighted by atomic mass is 9.86. The smallest absolute Gasteiger partial charge is 0.131 e. The lowest BCUT2D eigenvalue weighted by molar-refractivity contribution is 0.132. The molecule has 0 amide bonds. The van der Waals surface area contributed by atoms with Gasteiger partial charge in [0, 0.05) is 13.1 Å². The van der Waals surface area contributed by atoms with Crippen LogP contribution in [0, 0.1) is 23.2 Å². The van der Waals surface area contributed by atoms with Crippen molar-refractivity contribution in [1.29, 1.82) is 5.26 Å². The van der Waals surface area contributed by atoms with Crippen LogP contribution in [-0.2, 0) is 5.54 Å². The van der Waals surface area contributed by atoms with Crippen molar-refractivity contribution in [2.45, 2.75) is 32.2 Å². The van der Waals surface area contributed by atoms with Gasteiger partial charge in [0.15, 0.2) is 0 Å². The van der Waals surface area contributed by atoms with E-state index in [9.17, 15) is 5.26 Å². The zero-order valence-corrected chi connectivity index (χ0v) is 12.5. The molecule has 2 N–H and O–H groups in total. The number of piperidine rings is 1. The van der Waals surface area contributed by atoms with E-state index in [1.54, 1.807) is 0 Å². The van der Waals surface area contributed by atoms with Crippen LogP contribution < -0.4 is 5.73 Å². The van der Waals surface area contributed by atoms with Crippen LogP contribution in [0.4, 0.5) is 0 Å². The zero-order valence-electron chi connectivity index (χ0n) is 12.5. The highest BCUT2D eigenvalue weighted by molar-refractivity contribution is 5.30. The van der Waals surface area contributed by atoms with Crippen LogP contribution in [-0.4, -0.2) is 24.5 Å². The summed E-state index contributed by atoms with van der Waals surface area (Å²) in [7, 11) is 0. The number of nitriles is 1. The summed E-state index contributed by atoms with van der Waals surface area (Å²) >= 11 is 0. The monoisotopic (exact) mass is 271 g/mol. The Bertz CT molecular complexity index is 465. The van der Waals surface area contributed by atoms with Gasteiger partial charge in [0.1, 0.15) is 5.54 Å². The second-order valence-electron chi connectivity index (χ2n) is 6.24. The third-order valence-corrected chi connectivity index (χ3v) is 4.73. The van der Waals surface area contributed by atoms with Crippen molar-refractivity contribution in [3.8, 4) is 6.07 Å². The van der Waals surface area contributed by atoms with E-state index in [1.165, 1.54) is 6.42 Å². The molecule has 3 nitrogen and oxygen atoms in total. The van der Waals surface area contributed by atoms with Crippen LogP contribution in [0.25, 0.3) is 0 Å². The van der Waals surface area contributed by atoms with Crippen LogP contribution in [0.1, 0.15) is 32.3 Å². The van der Waals surface area contributed by atoms with Crippen LogP contribution in [0.15, 0.2) is 30.3 Å². The van der Waals surface area contributed by atoms with Gasteiger partial charge in [0.25, 0.3) is 0 Å². The van der Waals surface area contributed by atoms with E-state index in [1.807, 2.05) is 30.3 Å². The Labute approximate surface area is 122 Å². The zero-order chi connectivity index (χ0) is 14.6. The second-order valence-corrected chi connectivity index (χ2v) is 6.24. The second kappa shape index (κ2) is 6.39. The number of rotatable bonds is 4. The van der Waals surface area contributed by atoms with Crippen LogP contribution in [0.2, 0.25) is 0 Å². The van der Waals surface area contributed by atoms with Crippen molar-refractivity contribution in [2.75, 3.05) is 19.6 Å². The standard InChI is InChI=1S/C17H25N3/c1-14-8-10-20(12-15(14)2)11-9-17(19,13-18)16-6-4-3-5-7-16/h3-7,14-15H,8-12,19H2,1-2H3. The summed E-state index contributed by atoms with van der Waals surface area (Å²) in [6, 6.07) is 12.0. The molecule has 1 fully saturated rings. The van der Waals surface area contributed by atoms with E-state index in [0.29, 0.717) is 6.42 Å². The maximum atomic E-state index is 9.47. The molecule has 0 aromatic heterocycles. The minimum Gasteiger partial charge on any atom is -0.310 e. The van der Waals surface area contributed by atoms with E-state index in [4.69, 9.17) is 5.73 Å². The molecule has 1 aliphatic rings. The van der Waals surface area contributed by atoms with E-state index in [0.717, 1.165) is 37.0 Å². The Hall–Kier alpha value is -1.37. The maximum Gasteiger partial charge on any atom is 0.131 e. The first-order valence-electron chi connectivity index (χ1n) is 7.53. The van der Waals surface area contributed by atoms with Gasteiger partial charge in [-0.15, -0.1) is 0 Å². The molecule has 0 spiro atoms. The Morgan fingerprint density at radius 2 is 2.00 bits per heavy atom. The van der Waals surface area contributed by atoms with Crippen LogP contribution in [0.5, 0.6) is 0 Å². The molecule has 20 heavy (non-hydrogen) atoms. The molecular formula is C17H25N3.